The molecular formula is C17H19ClF4N4O2. The van der Waals surface area contributed by atoms with Gasteiger partial charge in [-0.25, -0.2) is 4.39 Å². The van der Waals surface area contributed by atoms with Gasteiger partial charge in [0.1, 0.15) is 11.6 Å². The van der Waals surface area contributed by atoms with E-state index in [2.05, 4.69) is 15.7 Å². The van der Waals surface area contributed by atoms with Crippen LogP contribution in [0.5, 0.6) is 5.75 Å². The first-order valence-electron chi connectivity index (χ1n) is 8.22. The highest BCUT2D eigenvalue weighted by molar-refractivity contribution is 5.95. The lowest BCUT2D eigenvalue weighted by Crippen LogP contribution is -2.28. The van der Waals surface area contributed by atoms with Gasteiger partial charge in [-0.1, -0.05) is 0 Å². The minimum atomic E-state index is -4.55. The summed E-state index contributed by atoms with van der Waals surface area (Å²) in [7, 11) is 1.76. The molecule has 1 aliphatic rings. The number of amides is 1. The van der Waals surface area contributed by atoms with Crippen molar-refractivity contribution in [2.24, 2.45) is 13.0 Å². The van der Waals surface area contributed by atoms with Crippen LogP contribution in [-0.4, -0.2) is 41.6 Å². The monoisotopic (exact) mass is 422 g/mol. The van der Waals surface area contributed by atoms with E-state index in [9.17, 15) is 22.4 Å². The predicted molar refractivity (Wildman–Crippen MR) is 96.1 cm³/mol. The molecule has 2 aromatic rings. The van der Waals surface area contributed by atoms with Gasteiger partial charge in [-0.3, -0.25) is 9.48 Å². The Balaban J connectivity index is 0.00000280. The van der Waals surface area contributed by atoms with Crippen molar-refractivity contribution >= 4 is 24.0 Å². The zero-order valence-corrected chi connectivity index (χ0v) is 15.6. The Bertz CT molecular complexity index is 828. The number of nitrogens with one attached hydrogen (secondary N) is 2. The smallest absolute Gasteiger partial charge is 0.422 e. The quantitative estimate of drug-likeness (QED) is 0.727. The Kier molecular flexibility index (Phi) is 6.89. The van der Waals surface area contributed by atoms with E-state index in [1.807, 2.05) is 0 Å². The second-order valence-corrected chi connectivity index (χ2v) is 6.35. The average Bonchev–Trinajstić information content (AvgIpc) is 3.21. The Hall–Kier alpha value is -2.33. The first kappa shape index (κ1) is 22.0. The molecule has 2 atom stereocenters. The Morgan fingerprint density at radius 2 is 2.14 bits per heavy atom. The maximum atomic E-state index is 13.5. The van der Waals surface area contributed by atoms with Crippen molar-refractivity contribution in [3.05, 3.63) is 42.0 Å². The largest absolute Gasteiger partial charge is 0.482 e. The number of carbonyl (C=O) groups is 1. The maximum absolute atomic E-state index is 13.5. The average molecular weight is 423 g/mol. The molecule has 1 saturated heterocycles. The van der Waals surface area contributed by atoms with Crippen molar-refractivity contribution in [2.75, 3.05) is 25.0 Å². The van der Waals surface area contributed by atoms with Crippen molar-refractivity contribution in [2.45, 2.75) is 12.1 Å². The molecule has 0 bridgehead atoms. The van der Waals surface area contributed by atoms with Crippen molar-refractivity contribution in [3.63, 3.8) is 0 Å². The fourth-order valence-corrected chi connectivity index (χ4v) is 3.05. The molecule has 0 aliphatic carbocycles. The Morgan fingerprint density at radius 3 is 2.79 bits per heavy atom. The number of anilines is 1. The van der Waals surface area contributed by atoms with Gasteiger partial charge in [-0.2, -0.15) is 18.3 Å². The fraction of sp³-hybridized carbons (Fsp3) is 0.412. The standard InChI is InChI=1S/C17H18F4N4O2.ClH/c1-25-8-10(5-23-25)12-6-22-7-13(12)16(26)24-14-4-11(18)2-3-15(14)27-9-17(19,20)21;/h2-5,8,12-13,22H,6-7,9H2,1H3,(H,24,26);1H/t12-,13+;/m1./s1. The van der Waals surface area contributed by atoms with E-state index < -0.39 is 30.4 Å². The molecule has 1 aromatic carbocycles. The van der Waals surface area contributed by atoms with Gasteiger partial charge in [0.05, 0.1) is 17.8 Å². The lowest BCUT2D eigenvalue weighted by atomic mass is 9.90. The molecule has 0 radical (unpaired) electrons. The lowest BCUT2D eigenvalue weighted by Gasteiger charge is -2.19. The summed E-state index contributed by atoms with van der Waals surface area (Å²) < 4.78 is 57.1. The minimum absolute atomic E-state index is 0. The van der Waals surface area contributed by atoms with Crippen LogP contribution in [0.4, 0.5) is 23.2 Å². The number of benzene rings is 1. The maximum Gasteiger partial charge on any atom is 0.422 e. The summed E-state index contributed by atoms with van der Waals surface area (Å²) in [6, 6.07) is 2.96. The first-order valence-corrected chi connectivity index (χ1v) is 8.22. The molecule has 3 rings (SSSR count). The summed E-state index contributed by atoms with van der Waals surface area (Å²) in [6.07, 6.45) is -1.08. The molecule has 154 valence electrons. The van der Waals surface area contributed by atoms with Gasteiger partial charge in [0.25, 0.3) is 0 Å². The third-order valence-electron chi connectivity index (χ3n) is 4.29. The van der Waals surface area contributed by atoms with Crippen LogP contribution in [0.3, 0.4) is 0 Å². The highest BCUT2D eigenvalue weighted by Crippen LogP contribution is 2.32. The second kappa shape index (κ2) is 8.78. The molecule has 6 nitrogen and oxygen atoms in total. The molecule has 1 aromatic heterocycles. The molecule has 1 amide bonds. The Labute approximate surface area is 164 Å². The number of alkyl halides is 3. The molecule has 0 unspecified atom stereocenters. The van der Waals surface area contributed by atoms with Crippen molar-refractivity contribution in [1.29, 1.82) is 0 Å². The molecule has 2 heterocycles. The number of nitrogens with zero attached hydrogens (tertiary/aromatic N) is 2. The normalized spacial score (nSPS) is 19.2. The van der Waals surface area contributed by atoms with Crippen molar-refractivity contribution < 1.29 is 27.1 Å². The van der Waals surface area contributed by atoms with Gasteiger partial charge in [-0.05, 0) is 17.7 Å². The van der Waals surface area contributed by atoms with Crippen molar-refractivity contribution in [1.82, 2.24) is 15.1 Å². The number of aryl methyl sites for hydroxylation is 1. The minimum Gasteiger partial charge on any atom is -0.482 e. The lowest BCUT2D eigenvalue weighted by molar-refractivity contribution is -0.153. The number of hydrogen-bond acceptors (Lipinski definition) is 4. The highest BCUT2D eigenvalue weighted by atomic mass is 35.5. The molecule has 11 heteroatoms. The zero-order valence-electron chi connectivity index (χ0n) is 14.8. The molecule has 2 N–H and O–H groups in total. The number of rotatable bonds is 5. The number of halogens is 5. The van der Waals surface area contributed by atoms with E-state index in [0.717, 1.165) is 23.8 Å². The summed E-state index contributed by atoms with van der Waals surface area (Å²) in [5.74, 6) is -2.00. The summed E-state index contributed by atoms with van der Waals surface area (Å²) in [5.41, 5.74) is 0.733. The van der Waals surface area contributed by atoms with E-state index in [0.29, 0.717) is 13.1 Å². The number of carbonyl (C=O) groups excluding carboxylic acids is 1. The van der Waals surface area contributed by atoms with Gasteiger partial charge >= 0.3 is 6.18 Å². The molecule has 1 fully saturated rings. The van der Waals surface area contributed by atoms with Crippen LogP contribution in [0.2, 0.25) is 0 Å². The SMILES string of the molecule is Cl.Cn1cc([C@H]2CNC[C@@H]2C(=O)Nc2cc(F)ccc2OCC(F)(F)F)cn1. The van der Waals surface area contributed by atoms with Gasteiger partial charge in [0.2, 0.25) is 5.91 Å². The van der Waals surface area contributed by atoms with Crippen LogP contribution < -0.4 is 15.4 Å². The Morgan fingerprint density at radius 1 is 1.39 bits per heavy atom. The second-order valence-electron chi connectivity index (χ2n) is 6.35. The first-order chi connectivity index (χ1) is 12.7. The third kappa shape index (κ3) is 5.35. The summed E-state index contributed by atoms with van der Waals surface area (Å²) in [6.45, 7) is -0.589. The topological polar surface area (TPSA) is 68.2 Å². The van der Waals surface area contributed by atoms with E-state index in [4.69, 9.17) is 4.74 Å². The zero-order chi connectivity index (χ0) is 19.6. The van der Waals surface area contributed by atoms with Gasteiger partial charge in [-0.15, -0.1) is 12.4 Å². The van der Waals surface area contributed by atoms with Gasteiger partial charge in [0.15, 0.2) is 6.61 Å². The van der Waals surface area contributed by atoms with E-state index in [1.165, 1.54) is 0 Å². The summed E-state index contributed by atoms with van der Waals surface area (Å²) >= 11 is 0. The van der Waals surface area contributed by atoms with E-state index in [-0.39, 0.29) is 29.8 Å². The number of aromatic nitrogens is 2. The van der Waals surface area contributed by atoms with E-state index in [1.54, 1.807) is 24.1 Å². The van der Waals surface area contributed by atoms with Gasteiger partial charge in [0, 0.05) is 38.3 Å². The highest BCUT2D eigenvalue weighted by Gasteiger charge is 2.35. The van der Waals surface area contributed by atoms with Crippen LogP contribution in [0, 0.1) is 11.7 Å². The molecule has 0 saturated carbocycles. The fourth-order valence-electron chi connectivity index (χ4n) is 3.05. The van der Waals surface area contributed by atoms with Crippen molar-refractivity contribution in [3.8, 4) is 5.75 Å². The molecule has 1 aliphatic heterocycles. The number of ether oxygens (including phenoxy) is 1. The molecule has 0 spiro atoms. The third-order valence-corrected chi connectivity index (χ3v) is 4.29. The molecular weight excluding hydrogens is 404 g/mol. The predicted octanol–water partition coefficient (Wildman–Crippen LogP) is 2.86. The van der Waals surface area contributed by atoms with Crippen LogP contribution in [0.1, 0.15) is 11.5 Å². The summed E-state index contributed by atoms with van der Waals surface area (Å²) in [4.78, 5) is 12.7. The number of hydrogen-bond donors (Lipinski definition) is 2. The van der Waals surface area contributed by atoms with Crippen LogP contribution in [-0.2, 0) is 11.8 Å². The van der Waals surface area contributed by atoms with Crippen LogP contribution >= 0.6 is 12.4 Å². The van der Waals surface area contributed by atoms with Gasteiger partial charge < -0.3 is 15.4 Å². The van der Waals surface area contributed by atoms with E-state index >= 15 is 0 Å². The van der Waals surface area contributed by atoms with Crippen LogP contribution in [0.15, 0.2) is 30.6 Å². The molecule has 28 heavy (non-hydrogen) atoms. The van der Waals surface area contributed by atoms with Crippen LogP contribution in [0.25, 0.3) is 0 Å². The summed E-state index contributed by atoms with van der Waals surface area (Å²) in [5, 5.41) is 9.71.